The fraction of sp³-hybridized carbons (Fsp3) is 0.909. The van der Waals surface area contributed by atoms with Crippen molar-refractivity contribution in [3.05, 3.63) is 0 Å². The van der Waals surface area contributed by atoms with Crippen LogP contribution in [0.5, 0.6) is 0 Å². The van der Waals surface area contributed by atoms with Gasteiger partial charge in [0.05, 0.1) is 6.04 Å². The van der Waals surface area contributed by atoms with Crippen LogP contribution in [0, 0.1) is 5.92 Å². The lowest BCUT2D eigenvalue weighted by molar-refractivity contribution is -0.124. The van der Waals surface area contributed by atoms with E-state index in [2.05, 4.69) is 10.6 Å². The number of carbonyl (C=O) groups is 1. The van der Waals surface area contributed by atoms with Gasteiger partial charge < -0.3 is 10.6 Å². The van der Waals surface area contributed by atoms with Gasteiger partial charge in [-0.25, -0.2) is 0 Å². The van der Waals surface area contributed by atoms with Crippen molar-refractivity contribution >= 4 is 5.91 Å². The molecule has 0 aromatic heterocycles. The molecule has 1 amide bonds. The summed E-state index contributed by atoms with van der Waals surface area (Å²) in [6.07, 6.45) is 7.37. The van der Waals surface area contributed by atoms with E-state index in [4.69, 9.17) is 0 Å². The molecular weight excluding hydrogens is 176 g/mol. The zero-order chi connectivity index (χ0) is 9.80. The van der Waals surface area contributed by atoms with Crippen LogP contribution < -0.4 is 10.6 Å². The van der Waals surface area contributed by atoms with Crippen LogP contribution in [0.15, 0.2) is 0 Å². The lowest BCUT2D eigenvalue weighted by Gasteiger charge is -2.27. The molecule has 0 aromatic carbocycles. The van der Waals surface area contributed by atoms with Crippen molar-refractivity contribution in [1.82, 2.24) is 10.6 Å². The van der Waals surface area contributed by atoms with E-state index in [9.17, 15) is 4.79 Å². The second-order valence-electron chi connectivity index (χ2n) is 4.54. The highest BCUT2D eigenvalue weighted by Crippen LogP contribution is 2.25. The predicted octanol–water partition coefficient (Wildman–Crippen LogP) is 1.04. The SMILES string of the molecule is O=C(NCC1CCC1)[C@@H]1CCCCN1. The average Bonchev–Trinajstić information content (AvgIpc) is 2.16. The fourth-order valence-electron chi connectivity index (χ4n) is 2.14. The summed E-state index contributed by atoms with van der Waals surface area (Å²) in [6.45, 7) is 1.90. The number of piperidine rings is 1. The molecule has 0 aromatic rings. The second-order valence-corrected chi connectivity index (χ2v) is 4.54. The molecule has 0 unspecified atom stereocenters. The van der Waals surface area contributed by atoms with Crippen LogP contribution >= 0.6 is 0 Å². The maximum absolute atomic E-state index is 11.7. The summed E-state index contributed by atoms with van der Waals surface area (Å²) < 4.78 is 0. The Morgan fingerprint density at radius 3 is 2.64 bits per heavy atom. The van der Waals surface area contributed by atoms with Gasteiger partial charge in [0, 0.05) is 6.54 Å². The summed E-state index contributed by atoms with van der Waals surface area (Å²) in [4.78, 5) is 11.7. The molecule has 14 heavy (non-hydrogen) atoms. The number of carbonyl (C=O) groups excluding carboxylic acids is 1. The van der Waals surface area contributed by atoms with E-state index in [0.717, 1.165) is 25.4 Å². The highest BCUT2D eigenvalue weighted by molar-refractivity contribution is 5.81. The van der Waals surface area contributed by atoms with Crippen molar-refractivity contribution in [3.8, 4) is 0 Å². The number of hydrogen-bond donors (Lipinski definition) is 2. The molecule has 2 N–H and O–H groups in total. The molecule has 2 fully saturated rings. The van der Waals surface area contributed by atoms with Gasteiger partial charge in [0.25, 0.3) is 0 Å². The zero-order valence-corrected chi connectivity index (χ0v) is 8.72. The van der Waals surface area contributed by atoms with Crippen molar-refractivity contribution in [2.75, 3.05) is 13.1 Å². The van der Waals surface area contributed by atoms with Crippen LogP contribution in [0.25, 0.3) is 0 Å². The molecule has 0 radical (unpaired) electrons. The summed E-state index contributed by atoms with van der Waals surface area (Å²) in [6, 6.07) is 0.0869. The van der Waals surface area contributed by atoms with E-state index >= 15 is 0 Å². The summed E-state index contributed by atoms with van der Waals surface area (Å²) in [5.74, 6) is 0.985. The third-order valence-corrected chi connectivity index (χ3v) is 3.42. The normalized spacial score (nSPS) is 28.1. The van der Waals surface area contributed by atoms with E-state index in [-0.39, 0.29) is 11.9 Å². The summed E-state index contributed by atoms with van der Waals surface area (Å²) in [5, 5.41) is 6.32. The fourth-order valence-corrected chi connectivity index (χ4v) is 2.14. The van der Waals surface area contributed by atoms with Crippen LogP contribution in [0.2, 0.25) is 0 Å². The molecule has 1 saturated carbocycles. The Bertz CT molecular complexity index is 195. The molecule has 3 heteroatoms. The molecule has 2 rings (SSSR count). The highest BCUT2D eigenvalue weighted by atomic mass is 16.2. The summed E-state index contributed by atoms with van der Waals surface area (Å²) >= 11 is 0. The van der Waals surface area contributed by atoms with Gasteiger partial charge in [-0.05, 0) is 38.1 Å². The number of amides is 1. The Kier molecular flexibility index (Phi) is 3.40. The molecule has 1 saturated heterocycles. The highest BCUT2D eigenvalue weighted by Gasteiger charge is 2.22. The monoisotopic (exact) mass is 196 g/mol. The third-order valence-electron chi connectivity index (χ3n) is 3.42. The molecule has 80 valence electrons. The van der Waals surface area contributed by atoms with Gasteiger partial charge in [-0.3, -0.25) is 4.79 Å². The molecule has 1 aliphatic carbocycles. The maximum atomic E-state index is 11.7. The molecule has 1 heterocycles. The van der Waals surface area contributed by atoms with Gasteiger partial charge in [-0.2, -0.15) is 0 Å². The smallest absolute Gasteiger partial charge is 0.237 e. The van der Waals surface area contributed by atoms with Crippen LogP contribution in [-0.2, 0) is 4.79 Å². The minimum Gasteiger partial charge on any atom is -0.354 e. The van der Waals surface area contributed by atoms with Gasteiger partial charge >= 0.3 is 0 Å². The van der Waals surface area contributed by atoms with Crippen molar-refractivity contribution in [2.24, 2.45) is 5.92 Å². The Balaban J connectivity index is 1.65. The van der Waals surface area contributed by atoms with Crippen LogP contribution in [0.4, 0.5) is 0 Å². The minimum atomic E-state index is 0.0869. The maximum Gasteiger partial charge on any atom is 0.237 e. The lowest BCUT2D eigenvalue weighted by atomic mass is 9.85. The predicted molar refractivity (Wildman–Crippen MR) is 56.0 cm³/mol. The largest absolute Gasteiger partial charge is 0.354 e. The number of nitrogens with one attached hydrogen (secondary N) is 2. The van der Waals surface area contributed by atoms with E-state index in [0.29, 0.717) is 0 Å². The van der Waals surface area contributed by atoms with E-state index < -0.39 is 0 Å². The van der Waals surface area contributed by atoms with E-state index in [1.54, 1.807) is 0 Å². The second kappa shape index (κ2) is 4.78. The molecule has 3 nitrogen and oxygen atoms in total. The van der Waals surface area contributed by atoms with Gasteiger partial charge in [-0.1, -0.05) is 12.8 Å². The Morgan fingerprint density at radius 2 is 2.07 bits per heavy atom. The molecular formula is C11H20N2O. The number of hydrogen-bond acceptors (Lipinski definition) is 2. The first-order valence-electron chi connectivity index (χ1n) is 5.87. The quantitative estimate of drug-likeness (QED) is 0.708. The van der Waals surface area contributed by atoms with Crippen LogP contribution in [-0.4, -0.2) is 25.0 Å². The van der Waals surface area contributed by atoms with Gasteiger partial charge in [0.2, 0.25) is 5.91 Å². The van der Waals surface area contributed by atoms with E-state index in [1.807, 2.05) is 0 Å². The first kappa shape index (κ1) is 9.97. The Hall–Kier alpha value is -0.570. The van der Waals surface area contributed by atoms with Crippen molar-refractivity contribution in [1.29, 1.82) is 0 Å². The minimum absolute atomic E-state index is 0.0869. The van der Waals surface area contributed by atoms with Crippen molar-refractivity contribution in [3.63, 3.8) is 0 Å². The molecule has 0 bridgehead atoms. The molecule has 1 aliphatic heterocycles. The average molecular weight is 196 g/mol. The lowest BCUT2D eigenvalue weighted by Crippen LogP contribution is -2.48. The molecule has 2 aliphatic rings. The number of rotatable bonds is 3. The molecule has 0 spiro atoms. The van der Waals surface area contributed by atoms with Crippen LogP contribution in [0.3, 0.4) is 0 Å². The Labute approximate surface area is 85.6 Å². The van der Waals surface area contributed by atoms with Gasteiger partial charge in [0.1, 0.15) is 0 Å². The van der Waals surface area contributed by atoms with Crippen molar-refractivity contribution in [2.45, 2.75) is 44.6 Å². The van der Waals surface area contributed by atoms with Crippen LogP contribution in [0.1, 0.15) is 38.5 Å². The van der Waals surface area contributed by atoms with E-state index in [1.165, 1.54) is 32.1 Å². The first-order valence-corrected chi connectivity index (χ1v) is 5.87. The Morgan fingerprint density at radius 1 is 1.21 bits per heavy atom. The first-order chi connectivity index (χ1) is 6.86. The van der Waals surface area contributed by atoms with Gasteiger partial charge in [0.15, 0.2) is 0 Å². The third kappa shape index (κ3) is 2.47. The topological polar surface area (TPSA) is 41.1 Å². The van der Waals surface area contributed by atoms with Crippen molar-refractivity contribution < 1.29 is 4.79 Å². The van der Waals surface area contributed by atoms with Gasteiger partial charge in [-0.15, -0.1) is 0 Å². The standard InChI is InChI=1S/C11H20N2O/c14-11(10-6-1-2-7-12-10)13-8-9-4-3-5-9/h9-10,12H,1-8H2,(H,13,14)/t10-/m0/s1. The summed E-state index contributed by atoms with van der Waals surface area (Å²) in [5.41, 5.74) is 0. The zero-order valence-electron chi connectivity index (χ0n) is 8.72. The molecule has 1 atom stereocenters. The summed E-state index contributed by atoms with van der Waals surface area (Å²) in [7, 11) is 0.